The minimum absolute atomic E-state index is 0.0909. The van der Waals surface area contributed by atoms with Crippen LogP contribution in [0.4, 0.5) is 17.6 Å². The third-order valence-electron chi connectivity index (χ3n) is 5.08. The zero-order valence-electron chi connectivity index (χ0n) is 18.7. The molecule has 0 saturated carbocycles. The number of rotatable bonds is 8. The topological polar surface area (TPSA) is 97.8 Å². The number of nitrogens with zero attached hydrogens (tertiary/aromatic N) is 4. The van der Waals surface area contributed by atoms with Crippen molar-refractivity contribution in [3.05, 3.63) is 57.6 Å². The molecule has 1 aliphatic rings. The zero-order valence-corrected chi connectivity index (χ0v) is 19.5. The maximum absolute atomic E-state index is 15.1. The molecule has 0 saturated heterocycles. The van der Waals surface area contributed by atoms with Crippen LogP contribution in [0.5, 0.6) is 5.75 Å². The fourth-order valence-corrected chi connectivity index (χ4v) is 4.24. The first-order valence-corrected chi connectivity index (χ1v) is 11.6. The van der Waals surface area contributed by atoms with Gasteiger partial charge in [-0.2, -0.15) is 18.4 Å². The number of tetrazole rings is 1. The molecule has 4 rings (SSSR count). The molecule has 1 aromatic carbocycles. The molecule has 0 radical (unpaired) electrons. The van der Waals surface area contributed by atoms with E-state index in [0.29, 0.717) is 27.7 Å². The summed E-state index contributed by atoms with van der Waals surface area (Å²) in [5, 5.41) is 18.0. The van der Waals surface area contributed by atoms with Crippen molar-refractivity contribution >= 4 is 28.2 Å². The van der Waals surface area contributed by atoms with Gasteiger partial charge in [-0.15, -0.1) is 21.5 Å². The van der Waals surface area contributed by atoms with Gasteiger partial charge in [0.2, 0.25) is 5.82 Å². The summed E-state index contributed by atoms with van der Waals surface area (Å²) in [6.07, 6.45) is -1.07. The van der Waals surface area contributed by atoms with Crippen LogP contribution in [0.25, 0.3) is 16.8 Å². The minimum Gasteiger partial charge on any atom is -0.493 e. The molecule has 0 fully saturated rings. The largest absolute Gasteiger partial charge is 0.493 e. The summed E-state index contributed by atoms with van der Waals surface area (Å²) in [6, 6.07) is 4.16. The van der Waals surface area contributed by atoms with Gasteiger partial charge < -0.3 is 14.8 Å². The van der Waals surface area contributed by atoms with Gasteiger partial charge >= 0.3 is 6.18 Å². The zero-order chi connectivity index (χ0) is 24.8. The highest BCUT2D eigenvalue weighted by Gasteiger charge is 2.26. The van der Waals surface area contributed by atoms with E-state index >= 15 is 4.39 Å². The Balaban J connectivity index is 1.66. The molecule has 3 aromatic rings. The number of allylic oxidation sites excluding steroid dienone is 2. The third kappa shape index (κ3) is 6.42. The highest BCUT2D eigenvalue weighted by Crippen LogP contribution is 2.33. The van der Waals surface area contributed by atoms with Crippen LogP contribution in [0.15, 0.2) is 30.5 Å². The normalized spacial score (nSPS) is 14.8. The van der Waals surface area contributed by atoms with E-state index in [4.69, 9.17) is 9.47 Å². The smallest absolute Gasteiger partial charge is 0.389 e. The molecule has 0 atom stereocenters. The van der Waals surface area contributed by atoms with E-state index in [1.54, 1.807) is 12.3 Å². The van der Waals surface area contributed by atoms with E-state index in [9.17, 15) is 13.2 Å². The van der Waals surface area contributed by atoms with Crippen molar-refractivity contribution in [2.45, 2.75) is 32.4 Å². The van der Waals surface area contributed by atoms with Gasteiger partial charge in [0.05, 0.1) is 13.2 Å². The molecule has 35 heavy (non-hydrogen) atoms. The van der Waals surface area contributed by atoms with Crippen LogP contribution in [-0.4, -0.2) is 51.7 Å². The highest BCUT2D eigenvalue weighted by molar-refractivity contribution is 7.12. The van der Waals surface area contributed by atoms with E-state index in [1.807, 2.05) is 6.92 Å². The van der Waals surface area contributed by atoms with Crippen molar-refractivity contribution < 1.29 is 27.0 Å². The van der Waals surface area contributed by atoms with Crippen molar-refractivity contribution in [3.63, 3.8) is 0 Å². The first-order valence-electron chi connectivity index (χ1n) is 10.8. The van der Waals surface area contributed by atoms with Crippen LogP contribution in [0.1, 0.15) is 41.0 Å². The molecular formula is C22H22F4N6O2S. The molecule has 3 heterocycles. The molecule has 8 nitrogen and oxygen atoms in total. The first-order chi connectivity index (χ1) is 16.8. The Kier molecular flexibility index (Phi) is 7.76. The Labute approximate surface area is 202 Å². The second-order valence-corrected chi connectivity index (χ2v) is 8.66. The molecule has 13 heteroatoms. The highest BCUT2D eigenvalue weighted by atomic mass is 32.1. The Morgan fingerprint density at radius 2 is 2.11 bits per heavy atom. The van der Waals surface area contributed by atoms with Crippen LogP contribution < -0.4 is 10.1 Å². The maximum Gasteiger partial charge on any atom is 0.389 e. The van der Waals surface area contributed by atoms with E-state index in [-0.39, 0.29) is 37.7 Å². The lowest BCUT2D eigenvalue weighted by molar-refractivity contribution is -0.136. The monoisotopic (exact) mass is 510 g/mol. The molecule has 0 spiro atoms. The summed E-state index contributed by atoms with van der Waals surface area (Å²) in [7, 11) is 0. The summed E-state index contributed by atoms with van der Waals surface area (Å²) in [5.41, 5.74) is 1.95. The third-order valence-corrected chi connectivity index (χ3v) is 6.25. The van der Waals surface area contributed by atoms with Crippen LogP contribution in [-0.2, 0) is 11.2 Å². The number of hydrogen-bond acceptors (Lipinski definition) is 8. The van der Waals surface area contributed by atoms with Gasteiger partial charge in [0.25, 0.3) is 0 Å². The fraction of sp³-hybridized carbons (Fsp3) is 0.364. The van der Waals surface area contributed by atoms with Crippen molar-refractivity contribution in [3.8, 4) is 5.75 Å². The number of halogens is 4. The number of ether oxygens (including phenoxy) is 2. The molecule has 0 aliphatic carbocycles. The Bertz CT molecular complexity index is 1210. The van der Waals surface area contributed by atoms with Gasteiger partial charge in [-0.1, -0.05) is 6.92 Å². The van der Waals surface area contributed by atoms with Crippen molar-refractivity contribution in [2.24, 2.45) is 0 Å². The Hall–Kier alpha value is -3.32. The number of aromatic amines is 1. The van der Waals surface area contributed by atoms with Crippen LogP contribution in [0, 0.1) is 5.82 Å². The molecule has 186 valence electrons. The number of aryl methyl sites for hydroxylation is 1. The number of benzene rings is 1. The molecular weight excluding hydrogens is 488 g/mol. The van der Waals surface area contributed by atoms with Crippen LogP contribution >= 0.6 is 11.3 Å². The van der Waals surface area contributed by atoms with Crippen molar-refractivity contribution in [1.29, 1.82) is 0 Å². The number of alkyl halides is 3. The SMILES string of the molecule is CCc1cnc(C2=C(c3nn[nH]n3)COCNC(c3ccc(OCCCC(F)(F)F)cc3F)=C2)s1. The predicted octanol–water partition coefficient (Wildman–Crippen LogP) is 4.61. The summed E-state index contributed by atoms with van der Waals surface area (Å²) in [6.45, 7) is 2.13. The van der Waals surface area contributed by atoms with E-state index in [1.165, 1.54) is 23.5 Å². The van der Waals surface area contributed by atoms with Gasteiger partial charge in [0, 0.05) is 46.0 Å². The van der Waals surface area contributed by atoms with Gasteiger partial charge in [0.15, 0.2) is 0 Å². The van der Waals surface area contributed by atoms with Crippen LogP contribution in [0.2, 0.25) is 0 Å². The standard InChI is InChI=1S/C22H22F4N6O2S/c1-2-14-10-27-21(35-14)16-9-19(28-12-33-11-17(16)20-29-31-32-30-20)15-5-4-13(8-18(15)23)34-7-3-6-22(24,25)26/h4-5,8-10,28H,2-3,6-7,11-12H2,1H3,(H,29,30,31,32). The first kappa shape index (κ1) is 24.8. The second kappa shape index (κ2) is 11.0. The molecule has 0 bridgehead atoms. The van der Waals surface area contributed by atoms with Crippen molar-refractivity contribution in [2.75, 3.05) is 19.9 Å². The summed E-state index contributed by atoms with van der Waals surface area (Å²) in [5.74, 6) is -0.118. The molecule has 1 aliphatic heterocycles. The minimum atomic E-state index is -4.25. The lowest BCUT2D eigenvalue weighted by atomic mass is 10.0. The van der Waals surface area contributed by atoms with E-state index in [2.05, 4.69) is 30.9 Å². The van der Waals surface area contributed by atoms with Gasteiger partial charge in [-0.25, -0.2) is 9.37 Å². The van der Waals surface area contributed by atoms with Gasteiger partial charge in [-0.05, 0) is 36.3 Å². The fourth-order valence-electron chi connectivity index (χ4n) is 3.34. The second-order valence-electron chi connectivity index (χ2n) is 7.55. The predicted molar refractivity (Wildman–Crippen MR) is 122 cm³/mol. The Morgan fingerprint density at radius 1 is 1.26 bits per heavy atom. The molecule has 0 unspecified atom stereocenters. The quantitative estimate of drug-likeness (QED) is 0.337. The molecule has 0 amide bonds. The summed E-state index contributed by atoms with van der Waals surface area (Å²) < 4.78 is 63.0. The number of thiazole rings is 1. The number of nitrogens with one attached hydrogen (secondary N) is 2. The lowest BCUT2D eigenvalue weighted by Crippen LogP contribution is -2.21. The number of H-pyrrole nitrogens is 1. The van der Waals surface area contributed by atoms with E-state index in [0.717, 1.165) is 17.4 Å². The number of aromatic nitrogens is 5. The average Bonchev–Trinajstić information content (AvgIpc) is 3.49. The van der Waals surface area contributed by atoms with E-state index < -0.39 is 18.4 Å². The molecule has 2 aromatic heterocycles. The molecule has 2 N–H and O–H groups in total. The van der Waals surface area contributed by atoms with Gasteiger partial charge in [-0.3, -0.25) is 0 Å². The van der Waals surface area contributed by atoms with Crippen molar-refractivity contribution in [1.82, 2.24) is 30.9 Å². The maximum atomic E-state index is 15.1. The van der Waals surface area contributed by atoms with Gasteiger partial charge in [0.1, 0.15) is 23.3 Å². The summed E-state index contributed by atoms with van der Waals surface area (Å²) in [4.78, 5) is 5.59. The lowest BCUT2D eigenvalue weighted by Gasteiger charge is -2.19. The number of hydrogen-bond donors (Lipinski definition) is 2. The Morgan fingerprint density at radius 3 is 2.80 bits per heavy atom. The van der Waals surface area contributed by atoms with Crippen LogP contribution in [0.3, 0.4) is 0 Å². The summed E-state index contributed by atoms with van der Waals surface area (Å²) >= 11 is 1.50. The average molecular weight is 511 g/mol.